The normalized spacial score (nSPS) is 28.3. The molecular formula is C18H29BN2O4S. The summed E-state index contributed by atoms with van der Waals surface area (Å²) in [6, 6.07) is 1.60. The van der Waals surface area contributed by atoms with Crippen LogP contribution in [0.3, 0.4) is 0 Å². The van der Waals surface area contributed by atoms with Crippen LogP contribution in [0.4, 0.5) is 0 Å². The van der Waals surface area contributed by atoms with Gasteiger partial charge < -0.3 is 9.31 Å². The van der Waals surface area contributed by atoms with Crippen molar-refractivity contribution in [3.63, 3.8) is 0 Å². The Bertz CT molecular complexity index is 742. The first-order chi connectivity index (χ1) is 12.0. The van der Waals surface area contributed by atoms with Gasteiger partial charge >= 0.3 is 7.12 Å². The molecule has 1 aromatic heterocycles. The third-order valence-corrected chi connectivity index (χ3v) is 7.40. The van der Waals surface area contributed by atoms with Gasteiger partial charge in [-0.25, -0.2) is 13.1 Å². The average molecular weight is 380 g/mol. The third kappa shape index (κ3) is 3.98. The van der Waals surface area contributed by atoms with E-state index in [1.54, 1.807) is 12.3 Å². The summed E-state index contributed by atoms with van der Waals surface area (Å²) in [6.07, 6.45) is 6.85. The van der Waals surface area contributed by atoms with Crippen molar-refractivity contribution in [2.75, 3.05) is 0 Å². The molecule has 8 heteroatoms. The van der Waals surface area contributed by atoms with Gasteiger partial charge in [-0.1, -0.05) is 6.92 Å². The molecule has 0 atom stereocenters. The molecule has 1 saturated heterocycles. The van der Waals surface area contributed by atoms with E-state index >= 15 is 0 Å². The molecule has 2 aliphatic rings. The highest BCUT2D eigenvalue weighted by molar-refractivity contribution is 7.89. The molecule has 1 aromatic rings. The summed E-state index contributed by atoms with van der Waals surface area (Å²) in [6.45, 7) is 10.1. The van der Waals surface area contributed by atoms with Crippen molar-refractivity contribution >= 4 is 22.6 Å². The van der Waals surface area contributed by atoms with E-state index < -0.39 is 28.3 Å². The number of pyridine rings is 1. The molecule has 26 heavy (non-hydrogen) atoms. The van der Waals surface area contributed by atoms with E-state index in [-0.39, 0.29) is 10.9 Å². The van der Waals surface area contributed by atoms with Gasteiger partial charge in [0.15, 0.2) is 0 Å². The molecule has 1 aliphatic carbocycles. The summed E-state index contributed by atoms with van der Waals surface area (Å²) in [5, 5.41) is 0. The standard InChI is InChI=1S/C18H29BN2O4S/c1-13-6-8-15(9-7-13)21-26(22,23)16-10-14(11-20-12-16)19-24-17(2,3)18(4,5)25-19/h10-13,15,21H,6-9H2,1-5H3/t13-,15+. The van der Waals surface area contributed by atoms with Gasteiger partial charge in [0.2, 0.25) is 10.0 Å². The van der Waals surface area contributed by atoms with Crippen LogP contribution in [0.25, 0.3) is 0 Å². The van der Waals surface area contributed by atoms with Crippen molar-refractivity contribution < 1.29 is 17.7 Å². The van der Waals surface area contributed by atoms with Crippen LogP contribution in [0.15, 0.2) is 23.4 Å². The van der Waals surface area contributed by atoms with Gasteiger partial charge in [0.05, 0.1) is 16.1 Å². The molecule has 2 fully saturated rings. The molecular weight excluding hydrogens is 351 g/mol. The topological polar surface area (TPSA) is 77.5 Å². The van der Waals surface area contributed by atoms with Gasteiger partial charge in [-0.2, -0.15) is 0 Å². The second kappa shape index (κ2) is 6.89. The molecule has 1 aliphatic heterocycles. The quantitative estimate of drug-likeness (QED) is 0.811. The third-order valence-electron chi connectivity index (χ3n) is 5.91. The highest BCUT2D eigenvalue weighted by Gasteiger charge is 2.52. The predicted molar refractivity (Wildman–Crippen MR) is 102 cm³/mol. The number of rotatable bonds is 4. The minimum Gasteiger partial charge on any atom is -0.399 e. The summed E-state index contributed by atoms with van der Waals surface area (Å²) < 4.78 is 40.4. The molecule has 0 unspecified atom stereocenters. The predicted octanol–water partition coefficient (Wildman–Crippen LogP) is 2.24. The van der Waals surface area contributed by atoms with Crippen LogP contribution in [0.1, 0.15) is 60.3 Å². The van der Waals surface area contributed by atoms with Gasteiger partial charge in [-0.05, 0) is 65.4 Å². The molecule has 0 radical (unpaired) electrons. The fraction of sp³-hybridized carbons (Fsp3) is 0.722. The van der Waals surface area contributed by atoms with Gasteiger partial charge in [-0.15, -0.1) is 0 Å². The lowest BCUT2D eigenvalue weighted by Crippen LogP contribution is -2.41. The van der Waals surface area contributed by atoms with Gasteiger partial charge in [0, 0.05) is 23.9 Å². The van der Waals surface area contributed by atoms with E-state index in [2.05, 4.69) is 16.6 Å². The van der Waals surface area contributed by atoms with Crippen LogP contribution in [-0.4, -0.2) is 37.8 Å². The molecule has 0 aromatic carbocycles. The van der Waals surface area contributed by atoms with Crippen molar-refractivity contribution in [1.82, 2.24) is 9.71 Å². The maximum Gasteiger partial charge on any atom is 0.496 e. The van der Waals surface area contributed by atoms with Crippen LogP contribution in [-0.2, 0) is 19.3 Å². The smallest absolute Gasteiger partial charge is 0.399 e. The highest BCUT2D eigenvalue weighted by atomic mass is 32.2. The van der Waals surface area contributed by atoms with E-state index in [1.807, 2.05) is 27.7 Å². The lowest BCUT2D eigenvalue weighted by atomic mass is 9.80. The molecule has 2 heterocycles. The van der Waals surface area contributed by atoms with Crippen molar-refractivity contribution in [3.8, 4) is 0 Å². The van der Waals surface area contributed by atoms with E-state index in [0.29, 0.717) is 11.4 Å². The Morgan fingerprint density at radius 1 is 1.08 bits per heavy atom. The Labute approximate surface area is 157 Å². The number of sulfonamides is 1. The van der Waals surface area contributed by atoms with E-state index in [0.717, 1.165) is 25.7 Å². The van der Waals surface area contributed by atoms with E-state index in [9.17, 15) is 8.42 Å². The second-order valence-corrected chi connectivity index (χ2v) is 10.3. The molecule has 3 rings (SSSR count). The largest absolute Gasteiger partial charge is 0.496 e. The van der Waals surface area contributed by atoms with Crippen LogP contribution < -0.4 is 10.2 Å². The zero-order chi connectivity index (χ0) is 19.2. The Hall–Kier alpha value is -0.955. The lowest BCUT2D eigenvalue weighted by molar-refractivity contribution is 0.00578. The Morgan fingerprint density at radius 3 is 2.23 bits per heavy atom. The fourth-order valence-corrected chi connectivity index (χ4v) is 4.66. The monoisotopic (exact) mass is 380 g/mol. The Kier molecular flexibility index (Phi) is 5.25. The average Bonchev–Trinajstić information content (AvgIpc) is 2.78. The fourth-order valence-electron chi connectivity index (χ4n) is 3.36. The first-order valence-corrected chi connectivity index (χ1v) is 10.8. The summed E-state index contributed by atoms with van der Waals surface area (Å²) in [4.78, 5) is 4.27. The number of hydrogen-bond acceptors (Lipinski definition) is 5. The van der Waals surface area contributed by atoms with Gasteiger partial charge in [-0.3, -0.25) is 4.98 Å². The minimum absolute atomic E-state index is 0.00305. The summed E-state index contributed by atoms with van der Waals surface area (Å²) in [7, 11) is -4.24. The summed E-state index contributed by atoms with van der Waals surface area (Å²) in [5.74, 6) is 0.670. The summed E-state index contributed by atoms with van der Waals surface area (Å²) >= 11 is 0. The number of hydrogen-bond donors (Lipinski definition) is 1. The van der Waals surface area contributed by atoms with Gasteiger partial charge in [0.25, 0.3) is 0 Å². The van der Waals surface area contributed by atoms with Crippen LogP contribution in [0.5, 0.6) is 0 Å². The van der Waals surface area contributed by atoms with E-state index in [4.69, 9.17) is 9.31 Å². The van der Waals surface area contributed by atoms with E-state index in [1.165, 1.54) is 6.20 Å². The Morgan fingerprint density at radius 2 is 1.65 bits per heavy atom. The molecule has 0 bridgehead atoms. The lowest BCUT2D eigenvalue weighted by Gasteiger charge is -2.32. The Balaban J connectivity index is 1.77. The van der Waals surface area contributed by atoms with Crippen molar-refractivity contribution in [1.29, 1.82) is 0 Å². The molecule has 1 N–H and O–H groups in total. The number of nitrogens with zero attached hydrogens (tertiary/aromatic N) is 1. The number of nitrogens with one attached hydrogen (secondary N) is 1. The first-order valence-electron chi connectivity index (χ1n) is 9.33. The SMILES string of the molecule is CC1(C)OB(c2cncc(S(=O)(=O)N[C@H]3CC[C@@H](C)CC3)c2)OC1(C)C. The van der Waals surface area contributed by atoms with Crippen LogP contribution >= 0.6 is 0 Å². The maximum atomic E-state index is 12.8. The van der Waals surface area contributed by atoms with Crippen LogP contribution in [0.2, 0.25) is 0 Å². The highest BCUT2D eigenvalue weighted by Crippen LogP contribution is 2.36. The van der Waals surface area contributed by atoms with Crippen molar-refractivity contribution in [2.45, 2.75) is 82.4 Å². The molecule has 0 spiro atoms. The molecule has 144 valence electrons. The zero-order valence-corrected chi connectivity index (χ0v) is 17.1. The first kappa shape index (κ1) is 19.8. The molecule has 0 amide bonds. The molecule has 6 nitrogen and oxygen atoms in total. The zero-order valence-electron chi connectivity index (χ0n) is 16.3. The van der Waals surface area contributed by atoms with Crippen LogP contribution in [0, 0.1) is 5.92 Å². The summed E-state index contributed by atoms with van der Waals surface area (Å²) in [5.41, 5.74) is -0.350. The maximum absolute atomic E-state index is 12.8. The van der Waals surface area contributed by atoms with Gasteiger partial charge in [0.1, 0.15) is 0 Å². The number of aromatic nitrogens is 1. The molecule has 1 saturated carbocycles. The van der Waals surface area contributed by atoms with Crippen molar-refractivity contribution in [2.24, 2.45) is 5.92 Å². The van der Waals surface area contributed by atoms with Crippen molar-refractivity contribution in [3.05, 3.63) is 18.5 Å². The minimum atomic E-state index is -3.61. The second-order valence-electron chi connectivity index (χ2n) is 8.62.